The lowest BCUT2D eigenvalue weighted by molar-refractivity contribution is -0.152. The molecule has 0 bridgehead atoms. The van der Waals surface area contributed by atoms with Gasteiger partial charge in [0.2, 0.25) is 5.91 Å². The summed E-state index contributed by atoms with van der Waals surface area (Å²) in [6.07, 6.45) is 29.6. The van der Waals surface area contributed by atoms with Crippen LogP contribution in [0.25, 0.3) is 0 Å². The van der Waals surface area contributed by atoms with Crippen molar-refractivity contribution in [2.75, 3.05) is 45.9 Å². The number of esters is 2. The molecule has 52 heavy (non-hydrogen) atoms. The van der Waals surface area contributed by atoms with E-state index in [9.17, 15) is 14.4 Å². The van der Waals surface area contributed by atoms with Crippen LogP contribution in [0.1, 0.15) is 215 Å². The van der Waals surface area contributed by atoms with E-state index in [0.717, 1.165) is 96.7 Å². The first-order valence-electron chi connectivity index (χ1n) is 22.7. The van der Waals surface area contributed by atoms with Gasteiger partial charge >= 0.3 is 11.9 Å². The SMILES string of the molecule is CCCCCCCCC(CCCCCC)C(=O)OCCN(CCOC(=O)C(CCCCCC)CCCCCCCC)C(=O)CCCN(CC)CCC. The number of carbonyl (C=O) groups is 3. The highest BCUT2D eigenvalue weighted by atomic mass is 16.5. The van der Waals surface area contributed by atoms with Crippen LogP contribution in [0.15, 0.2) is 0 Å². The second-order valence-corrected chi connectivity index (χ2v) is 15.5. The topological polar surface area (TPSA) is 76.1 Å². The second-order valence-electron chi connectivity index (χ2n) is 15.5. The zero-order valence-corrected chi connectivity index (χ0v) is 35.6. The number of ether oxygens (including phenoxy) is 2. The molecular weight excluding hydrogens is 649 g/mol. The normalized spacial score (nSPS) is 12.6. The molecule has 0 fully saturated rings. The fourth-order valence-electron chi connectivity index (χ4n) is 7.20. The van der Waals surface area contributed by atoms with E-state index in [-0.39, 0.29) is 42.9 Å². The minimum atomic E-state index is -0.109. The predicted octanol–water partition coefficient (Wildman–Crippen LogP) is 12.1. The minimum Gasteiger partial charge on any atom is -0.464 e. The van der Waals surface area contributed by atoms with Gasteiger partial charge in [-0.15, -0.1) is 0 Å². The fourth-order valence-corrected chi connectivity index (χ4v) is 7.20. The molecule has 1 amide bonds. The molecule has 0 aliphatic rings. The van der Waals surface area contributed by atoms with Crippen LogP contribution in [0.3, 0.4) is 0 Å². The number of rotatable bonds is 39. The van der Waals surface area contributed by atoms with Crippen LogP contribution in [-0.2, 0) is 23.9 Å². The molecule has 0 rings (SSSR count). The van der Waals surface area contributed by atoms with Crippen molar-refractivity contribution in [2.24, 2.45) is 11.8 Å². The maximum Gasteiger partial charge on any atom is 0.308 e. The largest absolute Gasteiger partial charge is 0.464 e. The predicted molar refractivity (Wildman–Crippen MR) is 221 cm³/mol. The van der Waals surface area contributed by atoms with Crippen LogP contribution in [0.5, 0.6) is 0 Å². The third-order valence-electron chi connectivity index (χ3n) is 10.7. The summed E-state index contributed by atoms with van der Waals surface area (Å²) in [6, 6.07) is 0. The average molecular weight is 737 g/mol. The molecule has 0 saturated heterocycles. The van der Waals surface area contributed by atoms with Crippen LogP contribution >= 0.6 is 0 Å². The number of amides is 1. The van der Waals surface area contributed by atoms with Gasteiger partial charge < -0.3 is 19.3 Å². The molecule has 0 saturated carbocycles. The summed E-state index contributed by atoms with van der Waals surface area (Å²) in [4.78, 5) is 44.3. The highest BCUT2D eigenvalue weighted by molar-refractivity contribution is 5.76. The van der Waals surface area contributed by atoms with Gasteiger partial charge in [-0.05, 0) is 58.2 Å². The molecule has 0 radical (unpaired) electrons. The van der Waals surface area contributed by atoms with E-state index in [1.807, 2.05) is 0 Å². The molecule has 7 nitrogen and oxygen atoms in total. The van der Waals surface area contributed by atoms with E-state index >= 15 is 0 Å². The molecule has 0 aromatic rings. The van der Waals surface area contributed by atoms with Crippen LogP contribution in [-0.4, -0.2) is 73.6 Å². The Bertz CT molecular complexity index is 772. The summed E-state index contributed by atoms with van der Waals surface area (Å²) in [6.45, 7) is 17.2. The van der Waals surface area contributed by atoms with Gasteiger partial charge in [0.05, 0.1) is 24.9 Å². The van der Waals surface area contributed by atoms with Gasteiger partial charge in [-0.1, -0.05) is 170 Å². The molecule has 2 atom stereocenters. The minimum absolute atomic E-state index is 0.0473. The Balaban J connectivity index is 5.33. The maximum atomic E-state index is 13.5. The maximum absolute atomic E-state index is 13.5. The van der Waals surface area contributed by atoms with Gasteiger partial charge in [-0.3, -0.25) is 14.4 Å². The van der Waals surface area contributed by atoms with E-state index in [2.05, 4.69) is 46.4 Å². The Morgan fingerprint density at radius 3 is 1.15 bits per heavy atom. The van der Waals surface area contributed by atoms with E-state index in [1.54, 1.807) is 4.90 Å². The number of hydrogen-bond acceptors (Lipinski definition) is 6. The average Bonchev–Trinajstić information content (AvgIpc) is 3.14. The zero-order chi connectivity index (χ0) is 38.5. The summed E-state index contributed by atoms with van der Waals surface area (Å²) < 4.78 is 11.8. The lowest BCUT2D eigenvalue weighted by Gasteiger charge is -2.25. The fraction of sp³-hybridized carbons (Fsp3) is 0.933. The number of nitrogens with zero attached hydrogens (tertiary/aromatic N) is 2. The Hall–Kier alpha value is -1.63. The summed E-state index contributed by atoms with van der Waals surface area (Å²) in [7, 11) is 0. The van der Waals surface area contributed by atoms with Gasteiger partial charge in [-0.25, -0.2) is 0 Å². The first kappa shape index (κ1) is 50.4. The van der Waals surface area contributed by atoms with Crippen molar-refractivity contribution in [2.45, 2.75) is 215 Å². The molecule has 0 spiro atoms. The third kappa shape index (κ3) is 28.8. The molecule has 308 valence electrons. The second kappa shape index (κ2) is 37.7. The smallest absolute Gasteiger partial charge is 0.308 e. The molecule has 0 heterocycles. The number of unbranched alkanes of at least 4 members (excludes halogenated alkanes) is 16. The monoisotopic (exact) mass is 737 g/mol. The van der Waals surface area contributed by atoms with Crippen LogP contribution in [0.2, 0.25) is 0 Å². The van der Waals surface area contributed by atoms with Crippen LogP contribution < -0.4 is 0 Å². The Labute approximate surface area is 323 Å². The lowest BCUT2D eigenvalue weighted by Crippen LogP contribution is -2.38. The Morgan fingerprint density at radius 1 is 0.423 bits per heavy atom. The Morgan fingerprint density at radius 2 is 0.788 bits per heavy atom. The summed E-state index contributed by atoms with van der Waals surface area (Å²) >= 11 is 0. The van der Waals surface area contributed by atoms with Gasteiger partial charge in [0.15, 0.2) is 0 Å². The molecule has 7 heteroatoms. The van der Waals surface area contributed by atoms with Crippen molar-refractivity contribution in [1.82, 2.24) is 9.80 Å². The van der Waals surface area contributed by atoms with Gasteiger partial charge in [0, 0.05) is 6.42 Å². The standard InChI is InChI=1S/C45H88N2O5/c1-7-13-17-21-23-27-32-41(30-25-19-15-9-3)44(49)51-39-37-47(43(48)34-29-36-46(12-6)35-11-5)38-40-52-45(50)42(31-26-20-16-10-4)33-28-24-22-18-14-8-2/h41-42H,7-40H2,1-6H3. The van der Waals surface area contributed by atoms with Gasteiger partial charge in [0.1, 0.15) is 13.2 Å². The lowest BCUT2D eigenvalue weighted by atomic mass is 9.94. The van der Waals surface area contributed by atoms with Gasteiger partial charge in [-0.2, -0.15) is 0 Å². The Kier molecular flexibility index (Phi) is 36.5. The zero-order valence-electron chi connectivity index (χ0n) is 35.6. The van der Waals surface area contributed by atoms with E-state index in [4.69, 9.17) is 9.47 Å². The first-order valence-corrected chi connectivity index (χ1v) is 22.7. The van der Waals surface area contributed by atoms with Crippen molar-refractivity contribution in [1.29, 1.82) is 0 Å². The third-order valence-corrected chi connectivity index (χ3v) is 10.7. The molecule has 2 unspecified atom stereocenters. The van der Waals surface area contributed by atoms with Crippen molar-refractivity contribution in [3.8, 4) is 0 Å². The highest BCUT2D eigenvalue weighted by Gasteiger charge is 2.23. The molecular formula is C45H88N2O5. The molecule has 0 aliphatic carbocycles. The van der Waals surface area contributed by atoms with E-state index in [1.165, 1.54) is 89.9 Å². The van der Waals surface area contributed by atoms with Gasteiger partial charge in [0.25, 0.3) is 0 Å². The molecule has 0 aliphatic heterocycles. The van der Waals surface area contributed by atoms with Crippen molar-refractivity contribution < 1.29 is 23.9 Å². The van der Waals surface area contributed by atoms with Crippen LogP contribution in [0.4, 0.5) is 0 Å². The highest BCUT2D eigenvalue weighted by Crippen LogP contribution is 2.22. The van der Waals surface area contributed by atoms with Crippen molar-refractivity contribution in [3.63, 3.8) is 0 Å². The van der Waals surface area contributed by atoms with Crippen molar-refractivity contribution in [3.05, 3.63) is 0 Å². The molecule has 0 N–H and O–H groups in total. The van der Waals surface area contributed by atoms with Crippen molar-refractivity contribution >= 4 is 17.8 Å². The molecule has 0 aromatic carbocycles. The number of carbonyl (C=O) groups excluding carboxylic acids is 3. The van der Waals surface area contributed by atoms with Crippen LogP contribution in [0, 0.1) is 11.8 Å². The summed E-state index contributed by atoms with van der Waals surface area (Å²) in [5.41, 5.74) is 0. The quantitative estimate of drug-likeness (QED) is 0.0462. The first-order chi connectivity index (χ1) is 25.4. The number of hydrogen-bond donors (Lipinski definition) is 0. The van der Waals surface area contributed by atoms with E-state index in [0.29, 0.717) is 19.5 Å². The summed E-state index contributed by atoms with van der Waals surface area (Å²) in [5, 5.41) is 0. The summed E-state index contributed by atoms with van der Waals surface area (Å²) in [5.74, 6) is -0.295. The van der Waals surface area contributed by atoms with E-state index < -0.39 is 0 Å². The molecule has 0 aromatic heterocycles.